The molecule has 6 heteroatoms. The van der Waals surface area contributed by atoms with Crippen LogP contribution in [0.1, 0.15) is 20.3 Å². The first kappa shape index (κ1) is 11.0. The fraction of sp³-hybridized carbons (Fsp3) is 0.700. The Labute approximate surface area is 93.9 Å². The average molecular weight is 225 g/mol. The topological polar surface area (TPSA) is 67.9 Å². The van der Waals surface area contributed by atoms with Gasteiger partial charge in [0.2, 0.25) is 11.9 Å². The predicted octanol–water partition coefficient (Wildman–Crippen LogP) is 1.03. The van der Waals surface area contributed by atoms with Crippen molar-refractivity contribution in [2.45, 2.75) is 26.4 Å². The van der Waals surface area contributed by atoms with Crippen molar-refractivity contribution in [1.82, 2.24) is 15.0 Å². The minimum atomic E-state index is -0.846. The Morgan fingerprint density at radius 3 is 2.88 bits per heavy atom. The lowest BCUT2D eigenvalue weighted by molar-refractivity contribution is 0.176. The van der Waals surface area contributed by atoms with Crippen LogP contribution in [-0.2, 0) is 0 Å². The summed E-state index contributed by atoms with van der Waals surface area (Å²) in [5.41, 5.74) is 5.41. The lowest BCUT2D eigenvalue weighted by atomic mass is 9.83. The van der Waals surface area contributed by atoms with Gasteiger partial charge in [0.05, 0.1) is 6.54 Å². The minimum absolute atomic E-state index is 0.0704. The second kappa shape index (κ2) is 3.84. The van der Waals surface area contributed by atoms with Gasteiger partial charge in [-0.25, -0.2) is 14.4 Å². The van der Waals surface area contributed by atoms with Gasteiger partial charge in [0, 0.05) is 6.54 Å². The third-order valence-corrected chi connectivity index (χ3v) is 2.67. The Morgan fingerprint density at radius 1 is 1.50 bits per heavy atom. The van der Waals surface area contributed by atoms with Crippen LogP contribution in [0.15, 0.2) is 6.33 Å². The molecule has 88 valence electrons. The van der Waals surface area contributed by atoms with Crippen molar-refractivity contribution in [1.29, 1.82) is 0 Å². The van der Waals surface area contributed by atoms with Crippen LogP contribution >= 0.6 is 0 Å². The number of halogens is 1. The molecule has 2 N–H and O–H groups in total. The Morgan fingerprint density at radius 2 is 2.25 bits per heavy atom. The normalized spacial score (nSPS) is 24.4. The van der Waals surface area contributed by atoms with Gasteiger partial charge in [-0.15, -0.1) is 0 Å². The Kier molecular flexibility index (Phi) is 2.65. The fourth-order valence-electron chi connectivity index (χ4n) is 2.15. The van der Waals surface area contributed by atoms with Gasteiger partial charge in [0.1, 0.15) is 12.5 Å². The number of anilines is 2. The first-order chi connectivity index (χ1) is 7.46. The number of piperidine rings is 1. The summed E-state index contributed by atoms with van der Waals surface area (Å²) >= 11 is 0. The van der Waals surface area contributed by atoms with Crippen LogP contribution in [-0.4, -0.2) is 34.2 Å². The Balaban J connectivity index is 2.21. The van der Waals surface area contributed by atoms with Gasteiger partial charge in [-0.05, 0) is 11.8 Å². The van der Waals surface area contributed by atoms with Crippen LogP contribution < -0.4 is 10.6 Å². The predicted molar refractivity (Wildman–Crippen MR) is 59.7 cm³/mol. The van der Waals surface area contributed by atoms with E-state index in [-0.39, 0.29) is 11.4 Å². The molecule has 1 aromatic rings. The highest BCUT2D eigenvalue weighted by atomic mass is 19.1. The molecular weight excluding hydrogens is 209 g/mol. The molecule has 1 aliphatic heterocycles. The molecule has 1 fully saturated rings. The van der Waals surface area contributed by atoms with Crippen LogP contribution in [0.5, 0.6) is 0 Å². The van der Waals surface area contributed by atoms with Gasteiger partial charge in [0.25, 0.3) is 0 Å². The zero-order valence-electron chi connectivity index (χ0n) is 9.52. The van der Waals surface area contributed by atoms with E-state index in [1.54, 1.807) is 0 Å². The molecule has 16 heavy (non-hydrogen) atoms. The van der Waals surface area contributed by atoms with Crippen molar-refractivity contribution in [3.05, 3.63) is 6.33 Å². The summed E-state index contributed by atoms with van der Waals surface area (Å²) in [5.74, 6) is 0.631. The van der Waals surface area contributed by atoms with Crippen molar-refractivity contribution in [3.8, 4) is 0 Å². The fourth-order valence-corrected chi connectivity index (χ4v) is 2.15. The standard InChI is InChI=1S/C10H16FN5/c1-10(2)3-7(11)4-16(5-10)9-14-6-13-8(12)15-9/h6-7H,3-5H2,1-2H3,(H2,12,13,14,15)/t7-/m0/s1. The molecule has 2 rings (SSSR count). The lowest BCUT2D eigenvalue weighted by Gasteiger charge is -2.39. The minimum Gasteiger partial charge on any atom is -0.368 e. The summed E-state index contributed by atoms with van der Waals surface area (Å²) in [4.78, 5) is 13.6. The van der Waals surface area contributed by atoms with E-state index < -0.39 is 6.17 Å². The smallest absolute Gasteiger partial charge is 0.230 e. The third-order valence-electron chi connectivity index (χ3n) is 2.67. The molecule has 0 saturated carbocycles. The second-order valence-corrected chi connectivity index (χ2v) is 4.99. The van der Waals surface area contributed by atoms with Crippen LogP contribution in [0.3, 0.4) is 0 Å². The summed E-state index contributed by atoms with van der Waals surface area (Å²) in [6.07, 6.45) is 1.08. The number of hydrogen-bond donors (Lipinski definition) is 1. The zero-order valence-corrected chi connectivity index (χ0v) is 9.52. The van der Waals surface area contributed by atoms with E-state index >= 15 is 0 Å². The Bertz CT molecular complexity index is 381. The van der Waals surface area contributed by atoms with Crippen LogP contribution in [0.25, 0.3) is 0 Å². The number of rotatable bonds is 1. The third kappa shape index (κ3) is 2.37. The van der Waals surface area contributed by atoms with Crippen molar-refractivity contribution in [2.24, 2.45) is 5.41 Å². The molecule has 0 aliphatic carbocycles. The first-order valence-corrected chi connectivity index (χ1v) is 5.30. The molecule has 0 unspecified atom stereocenters. The number of alkyl halides is 1. The number of nitrogen functional groups attached to an aromatic ring is 1. The molecule has 1 atom stereocenters. The number of hydrogen-bond acceptors (Lipinski definition) is 5. The average Bonchev–Trinajstić information content (AvgIpc) is 2.14. The molecule has 0 spiro atoms. The summed E-state index contributed by atoms with van der Waals surface area (Å²) < 4.78 is 13.6. The molecule has 2 heterocycles. The van der Waals surface area contributed by atoms with E-state index in [0.29, 0.717) is 18.9 Å². The summed E-state index contributed by atoms with van der Waals surface area (Å²) in [6.45, 7) is 5.14. The highest BCUT2D eigenvalue weighted by molar-refractivity contribution is 5.34. The van der Waals surface area contributed by atoms with Gasteiger partial charge in [0.15, 0.2) is 0 Å². The molecule has 1 saturated heterocycles. The maximum atomic E-state index is 13.6. The molecule has 1 aromatic heterocycles. The van der Waals surface area contributed by atoms with Gasteiger partial charge in [-0.2, -0.15) is 4.98 Å². The molecule has 0 amide bonds. The van der Waals surface area contributed by atoms with Gasteiger partial charge >= 0.3 is 0 Å². The van der Waals surface area contributed by atoms with Crippen molar-refractivity contribution < 1.29 is 4.39 Å². The van der Waals surface area contributed by atoms with E-state index in [1.807, 2.05) is 18.7 Å². The summed E-state index contributed by atoms with van der Waals surface area (Å²) in [7, 11) is 0. The van der Waals surface area contributed by atoms with Gasteiger partial charge in [-0.3, -0.25) is 0 Å². The monoisotopic (exact) mass is 225 g/mol. The SMILES string of the molecule is CC1(C)C[C@H](F)CN(c2ncnc(N)n2)C1. The largest absolute Gasteiger partial charge is 0.368 e. The molecule has 0 radical (unpaired) electrons. The van der Waals surface area contributed by atoms with E-state index in [1.165, 1.54) is 6.33 Å². The van der Waals surface area contributed by atoms with Crippen LogP contribution in [0, 0.1) is 5.41 Å². The maximum Gasteiger partial charge on any atom is 0.230 e. The summed E-state index contributed by atoms with van der Waals surface area (Å²) in [5, 5.41) is 0. The zero-order chi connectivity index (χ0) is 11.8. The van der Waals surface area contributed by atoms with Crippen molar-refractivity contribution in [3.63, 3.8) is 0 Å². The van der Waals surface area contributed by atoms with Crippen LogP contribution in [0.4, 0.5) is 16.3 Å². The molecule has 1 aliphatic rings. The van der Waals surface area contributed by atoms with E-state index in [2.05, 4.69) is 15.0 Å². The Hall–Kier alpha value is -1.46. The molecular formula is C10H16FN5. The van der Waals surface area contributed by atoms with E-state index in [9.17, 15) is 4.39 Å². The van der Waals surface area contributed by atoms with E-state index in [4.69, 9.17) is 5.73 Å². The van der Waals surface area contributed by atoms with Crippen molar-refractivity contribution >= 4 is 11.9 Å². The van der Waals surface area contributed by atoms with Crippen LogP contribution in [0.2, 0.25) is 0 Å². The van der Waals surface area contributed by atoms with E-state index in [0.717, 1.165) is 6.54 Å². The highest BCUT2D eigenvalue weighted by Crippen LogP contribution is 2.31. The molecule has 0 bridgehead atoms. The highest BCUT2D eigenvalue weighted by Gasteiger charge is 2.33. The lowest BCUT2D eigenvalue weighted by Crippen LogP contribution is -2.46. The second-order valence-electron chi connectivity index (χ2n) is 4.99. The number of nitrogens with two attached hydrogens (primary N) is 1. The van der Waals surface area contributed by atoms with Crippen molar-refractivity contribution in [2.75, 3.05) is 23.7 Å². The molecule has 0 aromatic carbocycles. The van der Waals surface area contributed by atoms with Gasteiger partial charge in [-0.1, -0.05) is 13.8 Å². The maximum absolute atomic E-state index is 13.6. The summed E-state index contributed by atoms with van der Waals surface area (Å²) in [6, 6.07) is 0. The van der Waals surface area contributed by atoms with Gasteiger partial charge < -0.3 is 10.6 Å². The quantitative estimate of drug-likeness (QED) is 0.773. The molecule has 5 nitrogen and oxygen atoms in total. The first-order valence-electron chi connectivity index (χ1n) is 5.30. The number of aromatic nitrogens is 3. The number of nitrogens with zero attached hydrogens (tertiary/aromatic N) is 4.